The summed E-state index contributed by atoms with van der Waals surface area (Å²) in [5, 5.41) is 2.50. The molecule has 2 aliphatic heterocycles. The molecule has 0 unspecified atom stereocenters. The molecule has 152 valence electrons. The second-order valence-electron chi connectivity index (χ2n) is 7.27. The molecule has 1 fully saturated rings. The summed E-state index contributed by atoms with van der Waals surface area (Å²) in [6.07, 6.45) is 0.182. The van der Waals surface area contributed by atoms with Crippen molar-refractivity contribution in [2.75, 3.05) is 43.6 Å². The number of benzene rings is 2. The minimum atomic E-state index is -0.408. The Balaban J connectivity index is 1.41. The number of carbonyl (C=O) groups excluding carboxylic acids is 2. The molecule has 2 aromatic carbocycles. The van der Waals surface area contributed by atoms with E-state index in [4.69, 9.17) is 4.74 Å². The summed E-state index contributed by atoms with van der Waals surface area (Å²) in [7, 11) is 1.80. The van der Waals surface area contributed by atoms with Gasteiger partial charge in [-0.15, -0.1) is 11.8 Å². The molecule has 2 aliphatic rings. The van der Waals surface area contributed by atoms with Crippen molar-refractivity contribution in [2.45, 2.75) is 23.1 Å². The molecule has 2 heterocycles. The fraction of sp³-hybridized carbons (Fsp3) is 0.364. The lowest BCUT2D eigenvalue weighted by Crippen LogP contribution is -2.38. The van der Waals surface area contributed by atoms with Gasteiger partial charge in [-0.3, -0.25) is 9.59 Å². The van der Waals surface area contributed by atoms with E-state index in [0.29, 0.717) is 6.54 Å². The van der Waals surface area contributed by atoms with Gasteiger partial charge < -0.3 is 19.9 Å². The summed E-state index contributed by atoms with van der Waals surface area (Å²) in [5.41, 5.74) is 3.07. The van der Waals surface area contributed by atoms with Gasteiger partial charge in [0.25, 0.3) is 0 Å². The van der Waals surface area contributed by atoms with E-state index in [1.54, 1.807) is 11.9 Å². The van der Waals surface area contributed by atoms with Gasteiger partial charge in [-0.1, -0.05) is 30.3 Å². The maximum Gasteiger partial charge on any atom is 0.238 e. The third-order valence-electron chi connectivity index (χ3n) is 5.24. The highest BCUT2D eigenvalue weighted by atomic mass is 32.2. The highest BCUT2D eigenvalue weighted by Crippen LogP contribution is 2.36. The zero-order chi connectivity index (χ0) is 20.2. The van der Waals surface area contributed by atoms with Gasteiger partial charge >= 0.3 is 0 Å². The lowest BCUT2D eigenvalue weighted by Gasteiger charge is -2.31. The van der Waals surface area contributed by atoms with Crippen LogP contribution in [0.4, 0.5) is 11.4 Å². The molecule has 0 saturated carbocycles. The standard InChI is InChI=1S/C22H25N3O3S/c1-24(15-16-6-2-4-8-18(16)25-10-12-28-13-11-25)21(26)14-20-22(27)23-17-7-3-5-9-19(17)29-20/h2-9,20H,10-15H2,1H3,(H,23,27)/t20-/m0/s1. The Bertz CT molecular complexity index is 898. The number of para-hydroxylation sites is 2. The number of morpholine rings is 1. The third kappa shape index (κ3) is 4.57. The summed E-state index contributed by atoms with van der Waals surface area (Å²) in [6.45, 7) is 3.67. The largest absolute Gasteiger partial charge is 0.378 e. The fourth-order valence-corrected chi connectivity index (χ4v) is 4.74. The van der Waals surface area contributed by atoms with Crippen molar-refractivity contribution in [1.29, 1.82) is 0 Å². The van der Waals surface area contributed by atoms with Crippen LogP contribution in [0.25, 0.3) is 0 Å². The Labute approximate surface area is 175 Å². The smallest absolute Gasteiger partial charge is 0.238 e. The molecular weight excluding hydrogens is 386 g/mol. The van der Waals surface area contributed by atoms with Crippen LogP contribution in [-0.4, -0.2) is 55.3 Å². The molecule has 2 aromatic rings. The van der Waals surface area contributed by atoms with Crippen LogP contribution < -0.4 is 10.2 Å². The molecular formula is C22H25N3O3S. The van der Waals surface area contributed by atoms with Crippen molar-refractivity contribution in [3.05, 3.63) is 54.1 Å². The lowest BCUT2D eigenvalue weighted by atomic mass is 10.1. The van der Waals surface area contributed by atoms with E-state index in [1.807, 2.05) is 36.4 Å². The Morgan fingerprint density at radius 3 is 2.72 bits per heavy atom. The normalized spacial score (nSPS) is 18.7. The first-order valence-corrected chi connectivity index (χ1v) is 10.7. The number of thioether (sulfide) groups is 1. The van der Waals surface area contributed by atoms with Gasteiger partial charge in [0.2, 0.25) is 11.8 Å². The van der Waals surface area contributed by atoms with Crippen LogP contribution in [0.1, 0.15) is 12.0 Å². The van der Waals surface area contributed by atoms with Crippen molar-refractivity contribution in [2.24, 2.45) is 0 Å². The molecule has 2 amide bonds. The fourth-order valence-electron chi connectivity index (χ4n) is 3.64. The van der Waals surface area contributed by atoms with Crippen molar-refractivity contribution in [1.82, 2.24) is 4.90 Å². The van der Waals surface area contributed by atoms with Crippen molar-refractivity contribution in [3.63, 3.8) is 0 Å². The number of ether oxygens (including phenoxy) is 1. The highest BCUT2D eigenvalue weighted by molar-refractivity contribution is 8.01. The molecule has 1 N–H and O–H groups in total. The van der Waals surface area contributed by atoms with E-state index >= 15 is 0 Å². The molecule has 4 rings (SSSR count). The maximum absolute atomic E-state index is 12.9. The minimum Gasteiger partial charge on any atom is -0.378 e. The van der Waals surface area contributed by atoms with Crippen LogP contribution in [0.15, 0.2) is 53.4 Å². The summed E-state index contributed by atoms with van der Waals surface area (Å²) in [5.74, 6) is -0.141. The van der Waals surface area contributed by atoms with Gasteiger partial charge in [0, 0.05) is 43.7 Å². The van der Waals surface area contributed by atoms with Gasteiger partial charge in [0.05, 0.1) is 24.2 Å². The Morgan fingerprint density at radius 1 is 1.17 bits per heavy atom. The van der Waals surface area contributed by atoms with Crippen LogP contribution in [0.3, 0.4) is 0 Å². The molecule has 1 atom stereocenters. The molecule has 0 bridgehead atoms. The van der Waals surface area contributed by atoms with E-state index in [1.165, 1.54) is 11.8 Å². The highest BCUT2D eigenvalue weighted by Gasteiger charge is 2.30. The first-order chi connectivity index (χ1) is 14.1. The van der Waals surface area contributed by atoms with Crippen LogP contribution in [0.2, 0.25) is 0 Å². The van der Waals surface area contributed by atoms with Gasteiger partial charge in [-0.25, -0.2) is 0 Å². The SMILES string of the molecule is CN(Cc1ccccc1N1CCOCC1)C(=O)C[C@@H]1Sc2ccccc2NC1=O. The molecule has 0 aliphatic carbocycles. The summed E-state index contributed by atoms with van der Waals surface area (Å²) >= 11 is 1.46. The number of nitrogens with one attached hydrogen (secondary N) is 1. The number of fused-ring (bicyclic) bond motifs is 1. The molecule has 6 nitrogen and oxygen atoms in total. The first kappa shape index (κ1) is 19.8. The second-order valence-corrected chi connectivity index (χ2v) is 8.52. The number of carbonyl (C=O) groups is 2. The maximum atomic E-state index is 12.9. The minimum absolute atomic E-state index is 0.0335. The summed E-state index contributed by atoms with van der Waals surface area (Å²) < 4.78 is 5.45. The topological polar surface area (TPSA) is 61.9 Å². The average molecular weight is 412 g/mol. The average Bonchev–Trinajstić information content (AvgIpc) is 2.75. The van der Waals surface area contributed by atoms with Gasteiger partial charge in [-0.2, -0.15) is 0 Å². The predicted octanol–water partition coefficient (Wildman–Crippen LogP) is 2.98. The molecule has 1 saturated heterocycles. The zero-order valence-corrected chi connectivity index (χ0v) is 17.3. The van der Waals surface area contributed by atoms with Gasteiger partial charge in [-0.05, 0) is 23.8 Å². The summed E-state index contributed by atoms with van der Waals surface area (Å²) in [6, 6.07) is 15.9. The number of hydrogen-bond donors (Lipinski definition) is 1. The molecule has 29 heavy (non-hydrogen) atoms. The van der Waals surface area contributed by atoms with Crippen molar-refractivity contribution < 1.29 is 14.3 Å². The Hall–Kier alpha value is -2.51. The second kappa shape index (κ2) is 8.88. The molecule has 7 heteroatoms. The van der Waals surface area contributed by atoms with Crippen molar-refractivity contribution >= 4 is 35.0 Å². The number of nitrogens with zero attached hydrogens (tertiary/aromatic N) is 2. The van der Waals surface area contributed by atoms with Crippen LogP contribution in [0.5, 0.6) is 0 Å². The number of anilines is 2. The summed E-state index contributed by atoms with van der Waals surface area (Å²) in [4.78, 5) is 30.3. The van der Waals surface area contributed by atoms with Crippen molar-refractivity contribution in [3.8, 4) is 0 Å². The Morgan fingerprint density at radius 2 is 1.90 bits per heavy atom. The quantitative estimate of drug-likeness (QED) is 0.820. The monoisotopic (exact) mass is 411 g/mol. The van der Waals surface area contributed by atoms with Crippen LogP contribution >= 0.6 is 11.8 Å². The molecule has 0 radical (unpaired) electrons. The first-order valence-electron chi connectivity index (χ1n) is 9.83. The van der Waals surface area contributed by atoms with E-state index in [0.717, 1.165) is 48.1 Å². The van der Waals surface area contributed by atoms with E-state index in [9.17, 15) is 9.59 Å². The third-order valence-corrected chi connectivity index (χ3v) is 6.52. The predicted molar refractivity (Wildman–Crippen MR) is 115 cm³/mol. The number of hydrogen-bond acceptors (Lipinski definition) is 5. The van der Waals surface area contributed by atoms with Gasteiger partial charge in [0.15, 0.2) is 0 Å². The van der Waals surface area contributed by atoms with E-state index in [-0.39, 0.29) is 18.2 Å². The molecule has 0 aromatic heterocycles. The van der Waals surface area contributed by atoms with Crippen LogP contribution in [-0.2, 0) is 20.9 Å². The number of amides is 2. The zero-order valence-electron chi connectivity index (χ0n) is 16.5. The lowest BCUT2D eigenvalue weighted by molar-refractivity contribution is -0.131. The van der Waals surface area contributed by atoms with E-state index < -0.39 is 5.25 Å². The van der Waals surface area contributed by atoms with Gasteiger partial charge in [0.1, 0.15) is 0 Å². The molecule has 0 spiro atoms. The Kier molecular flexibility index (Phi) is 6.06. The number of rotatable bonds is 5. The van der Waals surface area contributed by atoms with E-state index in [2.05, 4.69) is 22.3 Å². The van der Waals surface area contributed by atoms with Crippen LogP contribution in [0, 0.1) is 0 Å².